The van der Waals surface area contributed by atoms with Gasteiger partial charge in [-0.05, 0) is 30.2 Å². The number of ether oxygens (including phenoxy) is 2. The molecule has 4 heteroatoms. The normalized spacial score (nSPS) is 13.0. The fourth-order valence-corrected chi connectivity index (χ4v) is 2.90. The summed E-state index contributed by atoms with van der Waals surface area (Å²) in [6.45, 7) is 0.744. The molecule has 0 unspecified atom stereocenters. The van der Waals surface area contributed by atoms with Crippen LogP contribution in [0.5, 0.6) is 11.5 Å². The van der Waals surface area contributed by atoms with Gasteiger partial charge in [0.2, 0.25) is 0 Å². The molecule has 23 heavy (non-hydrogen) atoms. The Balaban J connectivity index is 1.86. The Morgan fingerprint density at radius 3 is 2.74 bits per heavy atom. The third kappa shape index (κ3) is 3.11. The number of hydrogen-bond donors (Lipinski definition) is 1. The summed E-state index contributed by atoms with van der Waals surface area (Å²) in [4.78, 5) is 4.64. The molecule has 0 aromatic heterocycles. The Kier molecular flexibility index (Phi) is 4.42. The standard InChI is InChI=1S/C19H20N2O2/c1-22-14-6-3-5-13(11-14)17(20)12-18-15-7-4-8-19(23-2)16(15)9-10-21-18/h3-8,11,20H,9-10,12H2,1-2H3. The largest absolute Gasteiger partial charge is 0.497 e. The van der Waals surface area contributed by atoms with Crippen molar-refractivity contribution in [1.82, 2.24) is 0 Å². The number of methoxy groups -OCH3 is 2. The van der Waals surface area contributed by atoms with E-state index in [0.717, 1.165) is 41.3 Å². The number of hydrogen-bond acceptors (Lipinski definition) is 4. The topological polar surface area (TPSA) is 54.7 Å². The molecule has 0 aliphatic carbocycles. The van der Waals surface area contributed by atoms with Gasteiger partial charge in [-0.3, -0.25) is 4.99 Å². The van der Waals surface area contributed by atoms with Crippen LogP contribution in [0.1, 0.15) is 23.1 Å². The zero-order valence-electron chi connectivity index (χ0n) is 13.4. The van der Waals surface area contributed by atoms with Crippen molar-refractivity contribution in [3.8, 4) is 11.5 Å². The third-order valence-corrected chi connectivity index (χ3v) is 4.09. The molecule has 1 aliphatic heterocycles. The summed E-state index contributed by atoms with van der Waals surface area (Å²) in [6.07, 6.45) is 1.39. The summed E-state index contributed by atoms with van der Waals surface area (Å²) in [6, 6.07) is 13.6. The third-order valence-electron chi connectivity index (χ3n) is 4.09. The van der Waals surface area contributed by atoms with Crippen LogP contribution < -0.4 is 9.47 Å². The first-order valence-electron chi connectivity index (χ1n) is 7.64. The summed E-state index contributed by atoms with van der Waals surface area (Å²) in [5.41, 5.74) is 4.65. The molecule has 2 aromatic rings. The maximum atomic E-state index is 8.41. The van der Waals surface area contributed by atoms with E-state index in [1.807, 2.05) is 36.4 Å². The van der Waals surface area contributed by atoms with E-state index in [9.17, 15) is 0 Å². The van der Waals surface area contributed by atoms with Crippen molar-refractivity contribution in [3.63, 3.8) is 0 Å². The van der Waals surface area contributed by atoms with Gasteiger partial charge < -0.3 is 14.9 Å². The second-order valence-corrected chi connectivity index (χ2v) is 5.45. The van der Waals surface area contributed by atoms with Gasteiger partial charge in [0.15, 0.2) is 0 Å². The van der Waals surface area contributed by atoms with E-state index in [0.29, 0.717) is 12.1 Å². The number of rotatable bonds is 5. The van der Waals surface area contributed by atoms with Gasteiger partial charge in [0.05, 0.1) is 14.2 Å². The van der Waals surface area contributed by atoms with Crippen molar-refractivity contribution in [3.05, 3.63) is 59.2 Å². The number of fused-ring (bicyclic) bond motifs is 1. The molecule has 0 saturated carbocycles. The number of nitrogens with zero attached hydrogens (tertiary/aromatic N) is 1. The number of benzene rings is 2. The maximum Gasteiger partial charge on any atom is 0.122 e. The Morgan fingerprint density at radius 2 is 1.96 bits per heavy atom. The van der Waals surface area contributed by atoms with E-state index in [-0.39, 0.29) is 0 Å². The van der Waals surface area contributed by atoms with Crippen molar-refractivity contribution in [2.24, 2.45) is 4.99 Å². The van der Waals surface area contributed by atoms with E-state index < -0.39 is 0 Å². The summed E-state index contributed by atoms with van der Waals surface area (Å²) < 4.78 is 10.7. The number of aliphatic imine (C=N–C) groups is 1. The van der Waals surface area contributed by atoms with Crippen molar-refractivity contribution in [2.45, 2.75) is 12.8 Å². The molecule has 0 atom stereocenters. The molecule has 0 spiro atoms. The lowest BCUT2D eigenvalue weighted by Gasteiger charge is -2.19. The quantitative estimate of drug-likeness (QED) is 0.859. The van der Waals surface area contributed by atoms with Crippen LogP contribution in [0.2, 0.25) is 0 Å². The molecule has 4 nitrogen and oxygen atoms in total. The monoisotopic (exact) mass is 308 g/mol. The van der Waals surface area contributed by atoms with Gasteiger partial charge in [0.1, 0.15) is 11.5 Å². The lowest BCUT2D eigenvalue weighted by atomic mass is 9.92. The molecule has 0 radical (unpaired) electrons. The van der Waals surface area contributed by atoms with E-state index in [4.69, 9.17) is 14.9 Å². The van der Waals surface area contributed by atoms with Crippen LogP contribution in [0.4, 0.5) is 0 Å². The molecule has 1 aliphatic rings. The highest BCUT2D eigenvalue weighted by molar-refractivity contribution is 6.17. The molecular weight excluding hydrogens is 288 g/mol. The van der Waals surface area contributed by atoms with Crippen LogP contribution in [0.25, 0.3) is 0 Å². The lowest BCUT2D eigenvalue weighted by Crippen LogP contribution is -2.17. The van der Waals surface area contributed by atoms with Crippen molar-refractivity contribution < 1.29 is 9.47 Å². The highest BCUT2D eigenvalue weighted by atomic mass is 16.5. The van der Waals surface area contributed by atoms with Crippen LogP contribution in [-0.2, 0) is 6.42 Å². The second kappa shape index (κ2) is 6.65. The summed E-state index contributed by atoms with van der Waals surface area (Å²) in [5, 5.41) is 8.41. The fraction of sp³-hybridized carbons (Fsp3) is 0.263. The summed E-state index contributed by atoms with van der Waals surface area (Å²) in [7, 11) is 3.33. The minimum Gasteiger partial charge on any atom is -0.497 e. The highest BCUT2D eigenvalue weighted by Gasteiger charge is 2.19. The van der Waals surface area contributed by atoms with Gasteiger partial charge in [-0.15, -0.1) is 0 Å². The average molecular weight is 308 g/mol. The minimum atomic E-state index is 0.507. The van der Waals surface area contributed by atoms with Crippen LogP contribution in [-0.4, -0.2) is 32.2 Å². The van der Waals surface area contributed by atoms with E-state index in [2.05, 4.69) is 11.1 Å². The predicted molar refractivity (Wildman–Crippen MR) is 92.5 cm³/mol. The van der Waals surface area contributed by atoms with Crippen LogP contribution >= 0.6 is 0 Å². The minimum absolute atomic E-state index is 0.507. The molecule has 1 heterocycles. The van der Waals surface area contributed by atoms with Gasteiger partial charge >= 0.3 is 0 Å². The van der Waals surface area contributed by atoms with E-state index >= 15 is 0 Å². The van der Waals surface area contributed by atoms with E-state index in [1.54, 1.807) is 14.2 Å². The molecule has 1 N–H and O–H groups in total. The molecule has 0 amide bonds. The van der Waals surface area contributed by atoms with Gasteiger partial charge in [-0.1, -0.05) is 24.3 Å². The molecule has 2 aromatic carbocycles. The first-order valence-corrected chi connectivity index (χ1v) is 7.64. The van der Waals surface area contributed by atoms with Crippen molar-refractivity contribution in [1.29, 1.82) is 5.41 Å². The first kappa shape index (κ1) is 15.3. The molecule has 3 rings (SSSR count). The van der Waals surface area contributed by atoms with Crippen molar-refractivity contribution >= 4 is 11.4 Å². The average Bonchev–Trinajstić information content (AvgIpc) is 2.61. The van der Waals surface area contributed by atoms with Gasteiger partial charge in [0, 0.05) is 35.5 Å². The van der Waals surface area contributed by atoms with Gasteiger partial charge in [-0.25, -0.2) is 0 Å². The van der Waals surface area contributed by atoms with Crippen LogP contribution in [0.3, 0.4) is 0 Å². The Bertz CT molecular complexity index is 766. The Hall–Kier alpha value is -2.62. The van der Waals surface area contributed by atoms with Gasteiger partial charge in [0.25, 0.3) is 0 Å². The molecule has 0 saturated heterocycles. The van der Waals surface area contributed by atoms with Crippen LogP contribution in [0.15, 0.2) is 47.5 Å². The maximum absolute atomic E-state index is 8.41. The van der Waals surface area contributed by atoms with Crippen molar-refractivity contribution in [2.75, 3.05) is 20.8 Å². The molecular formula is C19H20N2O2. The molecule has 0 fully saturated rings. The highest BCUT2D eigenvalue weighted by Crippen LogP contribution is 2.27. The molecule has 0 bridgehead atoms. The second-order valence-electron chi connectivity index (χ2n) is 5.45. The number of nitrogens with one attached hydrogen (secondary N) is 1. The zero-order chi connectivity index (χ0) is 16.2. The predicted octanol–water partition coefficient (Wildman–Crippen LogP) is 3.51. The SMILES string of the molecule is COc1cccc(C(=N)CC2=NCCc3c(OC)cccc32)c1. The van der Waals surface area contributed by atoms with Crippen LogP contribution in [0, 0.1) is 5.41 Å². The Morgan fingerprint density at radius 1 is 1.13 bits per heavy atom. The van der Waals surface area contributed by atoms with Gasteiger partial charge in [-0.2, -0.15) is 0 Å². The summed E-state index contributed by atoms with van der Waals surface area (Å²) in [5.74, 6) is 1.67. The lowest BCUT2D eigenvalue weighted by molar-refractivity contribution is 0.409. The van der Waals surface area contributed by atoms with E-state index in [1.165, 1.54) is 5.56 Å². The fourth-order valence-electron chi connectivity index (χ4n) is 2.90. The Labute approximate surface area is 136 Å². The first-order chi connectivity index (χ1) is 11.2. The molecule has 118 valence electrons. The zero-order valence-corrected chi connectivity index (χ0v) is 13.4. The smallest absolute Gasteiger partial charge is 0.122 e. The summed E-state index contributed by atoms with van der Waals surface area (Å²) >= 11 is 0.